The number of nitrogens with zero attached hydrogens (tertiary/aromatic N) is 2. The van der Waals surface area contributed by atoms with Gasteiger partial charge in [-0.15, -0.1) is 0 Å². The Labute approximate surface area is 62.7 Å². The summed E-state index contributed by atoms with van der Waals surface area (Å²) in [6.45, 7) is 0. The molecule has 1 N–H and O–H groups in total. The van der Waals surface area contributed by atoms with Crippen molar-refractivity contribution in [2.24, 2.45) is 4.99 Å². The highest BCUT2D eigenvalue weighted by atomic mass is 32.2. The second kappa shape index (κ2) is 2.30. The summed E-state index contributed by atoms with van der Waals surface area (Å²) in [4.78, 5) is 8.18. The lowest BCUT2D eigenvalue weighted by atomic mass is 10.4. The van der Waals surface area contributed by atoms with Gasteiger partial charge in [-0.3, -0.25) is 0 Å². The quantitative estimate of drug-likeness (QED) is 0.569. The SMILES string of the molecule is C1=Nc2cccnc2SN1. The summed E-state index contributed by atoms with van der Waals surface area (Å²) in [6.07, 6.45) is 3.42. The summed E-state index contributed by atoms with van der Waals surface area (Å²) < 4.78 is 2.90. The molecule has 0 aliphatic carbocycles. The van der Waals surface area contributed by atoms with Gasteiger partial charge >= 0.3 is 0 Å². The molecule has 0 saturated carbocycles. The first kappa shape index (κ1) is 5.73. The monoisotopic (exact) mass is 151 g/mol. The molecule has 0 bridgehead atoms. The van der Waals surface area contributed by atoms with Crippen molar-refractivity contribution in [2.75, 3.05) is 0 Å². The van der Waals surface area contributed by atoms with Crippen LogP contribution in [-0.4, -0.2) is 11.3 Å². The van der Waals surface area contributed by atoms with Gasteiger partial charge in [-0.1, -0.05) is 0 Å². The van der Waals surface area contributed by atoms with Gasteiger partial charge in [0, 0.05) is 18.1 Å². The van der Waals surface area contributed by atoms with E-state index in [1.54, 1.807) is 12.5 Å². The molecule has 3 nitrogen and oxygen atoms in total. The van der Waals surface area contributed by atoms with Gasteiger partial charge in [-0.05, 0) is 12.1 Å². The van der Waals surface area contributed by atoms with Crippen LogP contribution in [0.15, 0.2) is 28.3 Å². The number of hydrogen-bond acceptors (Lipinski definition) is 4. The number of hydrogen-bond donors (Lipinski definition) is 1. The van der Waals surface area contributed by atoms with E-state index >= 15 is 0 Å². The molecule has 4 heteroatoms. The molecule has 1 aromatic heterocycles. The van der Waals surface area contributed by atoms with Gasteiger partial charge in [0.05, 0.1) is 12.0 Å². The number of aromatic nitrogens is 1. The fraction of sp³-hybridized carbons (Fsp3) is 0. The lowest BCUT2D eigenvalue weighted by Crippen LogP contribution is -2.03. The molecule has 0 atom stereocenters. The molecule has 0 fully saturated rings. The van der Waals surface area contributed by atoms with Crippen LogP contribution in [0, 0.1) is 0 Å². The first-order chi connectivity index (χ1) is 4.97. The first-order valence-electron chi connectivity index (χ1n) is 2.87. The predicted octanol–water partition coefficient (Wildman–Crippen LogP) is 1.35. The van der Waals surface area contributed by atoms with E-state index in [2.05, 4.69) is 14.7 Å². The van der Waals surface area contributed by atoms with Crippen LogP contribution in [0.5, 0.6) is 0 Å². The topological polar surface area (TPSA) is 37.3 Å². The van der Waals surface area contributed by atoms with E-state index < -0.39 is 0 Å². The minimum Gasteiger partial charge on any atom is -0.315 e. The highest BCUT2D eigenvalue weighted by Gasteiger charge is 2.04. The maximum absolute atomic E-state index is 4.11. The summed E-state index contributed by atoms with van der Waals surface area (Å²) in [5, 5.41) is 0.935. The zero-order valence-electron chi connectivity index (χ0n) is 5.11. The van der Waals surface area contributed by atoms with Gasteiger partial charge in [-0.25, -0.2) is 9.98 Å². The van der Waals surface area contributed by atoms with Crippen LogP contribution in [0.3, 0.4) is 0 Å². The second-order valence-corrected chi connectivity index (χ2v) is 2.63. The maximum Gasteiger partial charge on any atom is 0.142 e. The Balaban J connectivity index is 2.54. The van der Waals surface area contributed by atoms with Gasteiger partial charge in [0.1, 0.15) is 5.03 Å². The van der Waals surface area contributed by atoms with Crippen molar-refractivity contribution in [3.05, 3.63) is 18.3 Å². The molecule has 0 unspecified atom stereocenters. The molecule has 0 amide bonds. The summed E-state index contributed by atoms with van der Waals surface area (Å²) in [6, 6.07) is 3.81. The Morgan fingerprint density at radius 1 is 1.50 bits per heavy atom. The van der Waals surface area contributed by atoms with E-state index in [1.165, 1.54) is 11.9 Å². The Bertz CT molecular complexity index is 271. The molecule has 50 valence electrons. The van der Waals surface area contributed by atoms with E-state index in [4.69, 9.17) is 0 Å². The Hall–Kier alpha value is -1.03. The summed E-state index contributed by atoms with van der Waals surface area (Å²) in [5.41, 5.74) is 0.936. The normalized spacial score (nSPS) is 14.0. The molecule has 0 aromatic carbocycles. The number of fused-ring (bicyclic) bond motifs is 1. The van der Waals surface area contributed by atoms with Crippen LogP contribution in [0.1, 0.15) is 0 Å². The van der Waals surface area contributed by atoms with Crippen LogP contribution < -0.4 is 4.72 Å². The fourth-order valence-electron chi connectivity index (χ4n) is 0.737. The van der Waals surface area contributed by atoms with Crippen molar-refractivity contribution in [3.8, 4) is 0 Å². The summed E-state index contributed by atoms with van der Waals surface area (Å²) in [7, 11) is 0. The fourth-order valence-corrected chi connectivity index (χ4v) is 1.29. The van der Waals surface area contributed by atoms with Gasteiger partial charge in [-0.2, -0.15) is 0 Å². The van der Waals surface area contributed by atoms with Crippen LogP contribution in [-0.2, 0) is 0 Å². The van der Waals surface area contributed by atoms with Crippen LogP contribution >= 0.6 is 11.9 Å². The summed E-state index contributed by atoms with van der Waals surface area (Å²) in [5.74, 6) is 0. The third kappa shape index (κ3) is 0.863. The molecule has 1 aliphatic heterocycles. The van der Waals surface area contributed by atoms with Crippen LogP contribution in [0.2, 0.25) is 0 Å². The van der Waals surface area contributed by atoms with E-state index in [-0.39, 0.29) is 0 Å². The highest BCUT2D eigenvalue weighted by Crippen LogP contribution is 2.26. The van der Waals surface area contributed by atoms with E-state index in [0.29, 0.717) is 0 Å². The first-order valence-corrected chi connectivity index (χ1v) is 3.68. The number of pyridine rings is 1. The number of nitrogens with one attached hydrogen (secondary N) is 1. The Morgan fingerprint density at radius 3 is 3.40 bits per heavy atom. The molecule has 1 aromatic rings. The molecule has 2 rings (SSSR count). The lowest BCUT2D eigenvalue weighted by molar-refractivity contribution is 1.11. The van der Waals surface area contributed by atoms with Crippen molar-refractivity contribution >= 4 is 24.0 Å². The smallest absolute Gasteiger partial charge is 0.142 e. The molecule has 0 spiro atoms. The zero-order valence-corrected chi connectivity index (χ0v) is 5.93. The predicted molar refractivity (Wildman–Crippen MR) is 41.4 cm³/mol. The molecule has 1 aliphatic rings. The van der Waals surface area contributed by atoms with Crippen molar-refractivity contribution in [1.29, 1.82) is 0 Å². The highest BCUT2D eigenvalue weighted by molar-refractivity contribution is 7.98. The average Bonchev–Trinajstić information content (AvgIpc) is 2.05. The van der Waals surface area contributed by atoms with Crippen molar-refractivity contribution in [2.45, 2.75) is 5.03 Å². The summed E-state index contributed by atoms with van der Waals surface area (Å²) >= 11 is 1.48. The second-order valence-electron chi connectivity index (χ2n) is 1.81. The Kier molecular flexibility index (Phi) is 1.32. The minimum absolute atomic E-state index is 0.935. The molecular weight excluding hydrogens is 146 g/mol. The molecule has 0 radical (unpaired) electrons. The molecule has 2 heterocycles. The van der Waals surface area contributed by atoms with E-state index in [9.17, 15) is 0 Å². The third-order valence-electron chi connectivity index (χ3n) is 1.16. The van der Waals surface area contributed by atoms with Crippen molar-refractivity contribution in [1.82, 2.24) is 9.71 Å². The lowest BCUT2D eigenvalue weighted by Gasteiger charge is -2.06. The third-order valence-corrected chi connectivity index (χ3v) is 1.89. The molecule has 0 saturated heterocycles. The van der Waals surface area contributed by atoms with Gasteiger partial charge in [0.2, 0.25) is 0 Å². The Morgan fingerprint density at radius 2 is 2.50 bits per heavy atom. The largest absolute Gasteiger partial charge is 0.315 e. The molecule has 10 heavy (non-hydrogen) atoms. The van der Waals surface area contributed by atoms with E-state index in [0.717, 1.165) is 10.7 Å². The van der Waals surface area contributed by atoms with Gasteiger partial charge in [0.15, 0.2) is 0 Å². The van der Waals surface area contributed by atoms with Crippen LogP contribution in [0.25, 0.3) is 0 Å². The van der Waals surface area contributed by atoms with Crippen molar-refractivity contribution < 1.29 is 0 Å². The van der Waals surface area contributed by atoms with Crippen molar-refractivity contribution in [3.63, 3.8) is 0 Å². The number of aliphatic imine (C=N–C) groups is 1. The molecular formula is C6H5N3S. The number of rotatable bonds is 0. The van der Waals surface area contributed by atoms with Gasteiger partial charge < -0.3 is 4.72 Å². The standard InChI is InChI=1S/C6H5N3S/c1-2-5-6(7-3-1)10-9-4-8-5/h1-4H,(H,8,9). The zero-order chi connectivity index (χ0) is 6.81. The maximum atomic E-state index is 4.11. The average molecular weight is 151 g/mol. The van der Waals surface area contributed by atoms with Gasteiger partial charge in [0.25, 0.3) is 0 Å². The van der Waals surface area contributed by atoms with Crippen LogP contribution in [0.4, 0.5) is 5.69 Å². The minimum atomic E-state index is 0.935. The van der Waals surface area contributed by atoms with E-state index in [1.807, 2.05) is 12.1 Å².